The summed E-state index contributed by atoms with van der Waals surface area (Å²) >= 11 is 0. The summed E-state index contributed by atoms with van der Waals surface area (Å²) in [7, 11) is 0. The van der Waals surface area contributed by atoms with Gasteiger partial charge in [-0.1, -0.05) is 66.7 Å². The van der Waals surface area contributed by atoms with Crippen molar-refractivity contribution in [2.75, 3.05) is 11.5 Å². The van der Waals surface area contributed by atoms with Crippen LogP contribution in [0, 0.1) is 5.92 Å². The van der Waals surface area contributed by atoms with Crippen molar-refractivity contribution in [3.8, 4) is 0 Å². The van der Waals surface area contributed by atoms with Crippen molar-refractivity contribution in [3.63, 3.8) is 0 Å². The third-order valence-electron chi connectivity index (χ3n) is 3.52. The van der Waals surface area contributed by atoms with E-state index >= 15 is 0 Å². The summed E-state index contributed by atoms with van der Waals surface area (Å²) in [6.07, 6.45) is 0. The van der Waals surface area contributed by atoms with E-state index in [1.165, 1.54) is 0 Å². The fraction of sp³-hybridized carbons (Fsp3) is 0. The zero-order valence-corrected chi connectivity index (χ0v) is 11.7. The Hall–Kier alpha value is -2.74. The predicted octanol–water partition coefficient (Wildman–Crippen LogP) is 3.87. The summed E-state index contributed by atoms with van der Waals surface area (Å²) < 4.78 is 0. The topological polar surface area (TPSA) is 52.0 Å². The molecule has 103 valence electrons. The highest BCUT2D eigenvalue weighted by Crippen LogP contribution is 2.36. The van der Waals surface area contributed by atoms with Gasteiger partial charge in [-0.2, -0.15) is 0 Å². The van der Waals surface area contributed by atoms with Crippen LogP contribution in [0.5, 0.6) is 0 Å². The maximum absolute atomic E-state index is 6.18. The van der Waals surface area contributed by atoms with Crippen LogP contribution in [0.1, 0.15) is 16.7 Å². The van der Waals surface area contributed by atoms with Crippen LogP contribution in [0.25, 0.3) is 0 Å². The minimum atomic E-state index is 0.750. The predicted molar refractivity (Wildman–Crippen MR) is 88.7 cm³/mol. The first-order valence-electron chi connectivity index (χ1n) is 6.89. The molecule has 0 spiro atoms. The van der Waals surface area contributed by atoms with Gasteiger partial charge >= 0.3 is 0 Å². The molecule has 0 aliphatic rings. The highest BCUT2D eigenvalue weighted by molar-refractivity contribution is 5.71. The highest BCUT2D eigenvalue weighted by Gasteiger charge is 2.21. The molecule has 3 aromatic carbocycles. The third-order valence-corrected chi connectivity index (χ3v) is 3.52. The van der Waals surface area contributed by atoms with Crippen LogP contribution in [0.2, 0.25) is 0 Å². The minimum Gasteiger partial charge on any atom is -0.398 e. The molecule has 3 aromatic rings. The molecule has 0 bridgehead atoms. The van der Waals surface area contributed by atoms with Crippen LogP contribution in [0.15, 0.2) is 78.9 Å². The normalized spacial score (nSPS) is 10.7. The summed E-state index contributed by atoms with van der Waals surface area (Å²) in [6, 6.07) is 26.0. The second-order valence-electron chi connectivity index (χ2n) is 4.92. The molecule has 0 saturated carbocycles. The van der Waals surface area contributed by atoms with E-state index in [1.54, 1.807) is 0 Å². The van der Waals surface area contributed by atoms with Gasteiger partial charge in [-0.05, 0) is 28.8 Å². The van der Waals surface area contributed by atoms with Gasteiger partial charge in [0, 0.05) is 11.4 Å². The Kier molecular flexibility index (Phi) is 3.61. The summed E-state index contributed by atoms with van der Waals surface area (Å²) in [5.74, 6) is 1.06. The van der Waals surface area contributed by atoms with Crippen molar-refractivity contribution >= 4 is 11.4 Å². The molecule has 0 fully saturated rings. The number of anilines is 2. The van der Waals surface area contributed by atoms with Gasteiger partial charge in [0.05, 0.1) is 5.92 Å². The van der Waals surface area contributed by atoms with Gasteiger partial charge in [-0.3, -0.25) is 0 Å². The number of hydrogen-bond donors (Lipinski definition) is 2. The SMILES string of the molecule is Nc1ccccc1[C](c1ccccc1)c1ccccc1N. The molecule has 3 rings (SSSR count). The molecule has 0 aliphatic heterocycles. The van der Waals surface area contributed by atoms with Gasteiger partial charge in [-0.25, -0.2) is 0 Å². The largest absolute Gasteiger partial charge is 0.398 e. The number of nitrogen functional groups attached to an aromatic ring is 2. The smallest absolute Gasteiger partial charge is 0.0671 e. The Bertz CT molecular complexity index is 690. The zero-order chi connectivity index (χ0) is 14.7. The van der Waals surface area contributed by atoms with Crippen LogP contribution in [0.4, 0.5) is 11.4 Å². The molecule has 0 heterocycles. The van der Waals surface area contributed by atoms with E-state index in [-0.39, 0.29) is 0 Å². The maximum Gasteiger partial charge on any atom is 0.0671 e. The van der Waals surface area contributed by atoms with Gasteiger partial charge in [0.15, 0.2) is 0 Å². The lowest BCUT2D eigenvalue weighted by atomic mass is 9.83. The Balaban J connectivity index is 2.22. The van der Waals surface area contributed by atoms with Crippen molar-refractivity contribution in [1.82, 2.24) is 0 Å². The van der Waals surface area contributed by atoms with E-state index in [0.29, 0.717) is 0 Å². The van der Waals surface area contributed by atoms with E-state index in [2.05, 4.69) is 12.1 Å². The second-order valence-corrected chi connectivity index (χ2v) is 4.92. The molecule has 2 heteroatoms. The van der Waals surface area contributed by atoms with Gasteiger partial charge < -0.3 is 11.5 Å². The quantitative estimate of drug-likeness (QED) is 0.562. The summed E-state index contributed by atoms with van der Waals surface area (Å²) in [6.45, 7) is 0. The van der Waals surface area contributed by atoms with Crippen molar-refractivity contribution in [1.29, 1.82) is 0 Å². The van der Waals surface area contributed by atoms with E-state index < -0.39 is 0 Å². The fourth-order valence-electron chi connectivity index (χ4n) is 2.51. The highest BCUT2D eigenvalue weighted by atomic mass is 14.6. The van der Waals surface area contributed by atoms with Gasteiger partial charge in [-0.15, -0.1) is 0 Å². The van der Waals surface area contributed by atoms with Crippen LogP contribution < -0.4 is 11.5 Å². The second kappa shape index (κ2) is 5.71. The number of nitrogens with two attached hydrogens (primary N) is 2. The van der Waals surface area contributed by atoms with Crippen molar-refractivity contribution in [3.05, 3.63) is 101 Å². The summed E-state index contributed by atoms with van der Waals surface area (Å²) in [5, 5.41) is 0. The first-order chi connectivity index (χ1) is 10.3. The fourth-order valence-corrected chi connectivity index (χ4v) is 2.51. The Morgan fingerprint density at radius 1 is 0.524 bits per heavy atom. The molecule has 21 heavy (non-hydrogen) atoms. The Labute approximate surface area is 125 Å². The molecule has 0 unspecified atom stereocenters. The number of hydrogen-bond acceptors (Lipinski definition) is 2. The van der Waals surface area contributed by atoms with Crippen LogP contribution >= 0.6 is 0 Å². The molecule has 1 radical (unpaired) electrons. The molecule has 0 amide bonds. The number of benzene rings is 3. The number of rotatable bonds is 3. The average Bonchev–Trinajstić information content (AvgIpc) is 2.52. The summed E-state index contributed by atoms with van der Waals surface area (Å²) in [4.78, 5) is 0. The van der Waals surface area contributed by atoms with Crippen LogP contribution in [-0.4, -0.2) is 0 Å². The molecular weight excluding hydrogens is 256 g/mol. The minimum absolute atomic E-state index is 0.750. The number of para-hydroxylation sites is 2. The molecule has 0 atom stereocenters. The van der Waals surface area contributed by atoms with Crippen molar-refractivity contribution in [2.24, 2.45) is 0 Å². The van der Waals surface area contributed by atoms with E-state index in [1.807, 2.05) is 66.7 Å². The zero-order valence-electron chi connectivity index (χ0n) is 11.7. The Morgan fingerprint density at radius 2 is 0.952 bits per heavy atom. The van der Waals surface area contributed by atoms with Crippen LogP contribution in [0.3, 0.4) is 0 Å². The molecule has 0 saturated heterocycles. The molecule has 0 aliphatic carbocycles. The van der Waals surface area contributed by atoms with Crippen molar-refractivity contribution < 1.29 is 0 Å². The summed E-state index contributed by atoms with van der Waals surface area (Å²) in [5.41, 5.74) is 17.0. The average molecular weight is 273 g/mol. The molecular formula is C19H17N2. The van der Waals surface area contributed by atoms with Crippen molar-refractivity contribution in [2.45, 2.75) is 0 Å². The maximum atomic E-state index is 6.18. The van der Waals surface area contributed by atoms with E-state index in [0.717, 1.165) is 34.0 Å². The molecule has 0 aromatic heterocycles. The van der Waals surface area contributed by atoms with Gasteiger partial charge in [0.2, 0.25) is 0 Å². The first kappa shape index (κ1) is 13.3. The van der Waals surface area contributed by atoms with E-state index in [9.17, 15) is 0 Å². The standard InChI is InChI=1S/C19H17N2/c20-17-12-6-4-10-15(17)19(14-8-2-1-3-9-14)16-11-5-7-13-18(16)21/h1-13H,20-21H2. The Morgan fingerprint density at radius 3 is 1.43 bits per heavy atom. The lowest BCUT2D eigenvalue weighted by molar-refractivity contribution is 1.23. The van der Waals surface area contributed by atoms with E-state index in [4.69, 9.17) is 11.5 Å². The lowest BCUT2D eigenvalue weighted by Crippen LogP contribution is -2.09. The third kappa shape index (κ3) is 2.61. The molecule has 2 nitrogen and oxygen atoms in total. The lowest BCUT2D eigenvalue weighted by Gasteiger charge is -2.21. The van der Waals surface area contributed by atoms with Gasteiger partial charge in [0.1, 0.15) is 0 Å². The van der Waals surface area contributed by atoms with Crippen LogP contribution in [-0.2, 0) is 0 Å². The molecule has 4 N–H and O–H groups in total. The monoisotopic (exact) mass is 273 g/mol. The van der Waals surface area contributed by atoms with Gasteiger partial charge in [0.25, 0.3) is 0 Å². The first-order valence-corrected chi connectivity index (χ1v) is 6.89.